The number of anilines is 1. The number of hydrogen-bond donors (Lipinski definition) is 1. The molecule has 4 rings (SSSR count). The molecule has 0 aliphatic heterocycles. The molecule has 1 fully saturated rings. The maximum Gasteiger partial charge on any atom is 0.248 e. The Kier molecular flexibility index (Phi) is 8.75. The number of hydrogen-bond acceptors (Lipinski definition) is 3. The maximum absolute atomic E-state index is 13.9. The van der Waals surface area contributed by atoms with Crippen LogP contribution in [0.1, 0.15) is 81.0 Å². The van der Waals surface area contributed by atoms with Crippen molar-refractivity contribution in [1.29, 1.82) is 0 Å². The van der Waals surface area contributed by atoms with Crippen molar-refractivity contribution in [2.75, 3.05) is 4.90 Å². The van der Waals surface area contributed by atoms with Crippen LogP contribution in [-0.4, -0.2) is 17.9 Å². The summed E-state index contributed by atoms with van der Waals surface area (Å²) in [5, 5.41) is 7.28. The van der Waals surface area contributed by atoms with Gasteiger partial charge in [-0.3, -0.25) is 14.5 Å². The van der Waals surface area contributed by atoms with E-state index in [2.05, 4.69) is 31.3 Å². The maximum atomic E-state index is 13.9. The van der Waals surface area contributed by atoms with Gasteiger partial charge in [-0.2, -0.15) is 11.3 Å². The van der Waals surface area contributed by atoms with Gasteiger partial charge in [-0.05, 0) is 70.8 Å². The Hall–Kier alpha value is -2.92. The van der Waals surface area contributed by atoms with Crippen LogP contribution in [0.25, 0.3) is 0 Å². The van der Waals surface area contributed by atoms with Gasteiger partial charge in [0.2, 0.25) is 11.8 Å². The zero-order valence-corrected chi connectivity index (χ0v) is 21.6. The molecule has 1 aromatic heterocycles. The molecule has 1 heterocycles. The lowest BCUT2D eigenvalue weighted by molar-refractivity contribution is -0.127. The predicted octanol–water partition coefficient (Wildman–Crippen LogP) is 7.03. The summed E-state index contributed by atoms with van der Waals surface area (Å²) in [6.45, 7) is 4.38. The fraction of sp³-hybridized carbons (Fsp3) is 0.400. The minimum absolute atomic E-state index is 0.0765. The molecular weight excluding hydrogens is 452 g/mol. The first-order valence-electron chi connectivity index (χ1n) is 12.8. The third kappa shape index (κ3) is 6.40. The molecule has 1 N–H and O–H groups in total. The molecule has 1 aliphatic carbocycles. The largest absolute Gasteiger partial charge is 0.351 e. The molecule has 0 unspecified atom stereocenters. The van der Waals surface area contributed by atoms with Crippen LogP contribution in [0.3, 0.4) is 0 Å². The van der Waals surface area contributed by atoms with Crippen molar-refractivity contribution in [1.82, 2.24) is 5.32 Å². The van der Waals surface area contributed by atoms with Gasteiger partial charge in [0.15, 0.2) is 0 Å². The summed E-state index contributed by atoms with van der Waals surface area (Å²) in [6.07, 6.45) is 6.81. The lowest BCUT2D eigenvalue weighted by Crippen LogP contribution is -2.47. The van der Waals surface area contributed by atoms with Gasteiger partial charge in [-0.1, -0.05) is 75.6 Å². The van der Waals surface area contributed by atoms with Crippen molar-refractivity contribution in [3.8, 4) is 0 Å². The number of nitrogens with one attached hydrogen (secondary N) is 1. The SMILES string of the molecule is CC[C@@H](C)c1ccc(N(C(=O)Cc2ccsc2)[C@H](C(=O)NC2CCCCC2)c2ccccc2)cc1. The Labute approximate surface area is 213 Å². The van der Waals surface area contributed by atoms with Crippen LogP contribution in [0.15, 0.2) is 71.4 Å². The highest BCUT2D eigenvalue weighted by Crippen LogP contribution is 2.31. The Bertz CT molecular complexity index is 1070. The number of carbonyl (C=O) groups excluding carboxylic acids is 2. The van der Waals surface area contributed by atoms with Crippen molar-refractivity contribution in [3.63, 3.8) is 0 Å². The van der Waals surface area contributed by atoms with Crippen molar-refractivity contribution in [2.24, 2.45) is 0 Å². The van der Waals surface area contributed by atoms with Gasteiger partial charge < -0.3 is 5.32 Å². The summed E-state index contributed by atoms with van der Waals surface area (Å²) in [5.74, 6) is 0.263. The van der Waals surface area contributed by atoms with Crippen LogP contribution in [0, 0.1) is 0 Å². The molecule has 0 radical (unpaired) electrons. The number of thiophene rings is 1. The topological polar surface area (TPSA) is 49.4 Å². The number of nitrogens with zero attached hydrogens (tertiary/aromatic N) is 1. The Balaban J connectivity index is 1.72. The molecule has 35 heavy (non-hydrogen) atoms. The molecule has 3 aromatic rings. The number of rotatable bonds is 9. The standard InChI is InChI=1S/C30H36N2O2S/c1-3-22(2)24-14-16-27(17-15-24)32(28(33)20-23-18-19-35-21-23)29(25-10-6-4-7-11-25)30(34)31-26-12-8-5-9-13-26/h4,6-7,10-11,14-19,21-22,26,29H,3,5,8-9,12-13,20H2,1-2H3,(H,31,34)/t22-,29+/m1/s1. The quantitative estimate of drug-likeness (QED) is 0.352. The van der Waals surface area contributed by atoms with Crippen molar-refractivity contribution < 1.29 is 9.59 Å². The zero-order valence-electron chi connectivity index (χ0n) is 20.8. The molecule has 5 heteroatoms. The summed E-state index contributed by atoms with van der Waals surface area (Å²) in [7, 11) is 0. The second-order valence-corrected chi connectivity index (χ2v) is 10.4. The van der Waals surface area contributed by atoms with Gasteiger partial charge in [0.1, 0.15) is 6.04 Å². The molecule has 2 aromatic carbocycles. The highest BCUT2D eigenvalue weighted by atomic mass is 32.1. The van der Waals surface area contributed by atoms with E-state index in [0.29, 0.717) is 5.92 Å². The monoisotopic (exact) mass is 488 g/mol. The molecule has 2 amide bonds. The van der Waals surface area contributed by atoms with E-state index in [-0.39, 0.29) is 24.3 Å². The summed E-state index contributed by atoms with van der Waals surface area (Å²) < 4.78 is 0. The molecule has 0 spiro atoms. The summed E-state index contributed by atoms with van der Waals surface area (Å²) >= 11 is 1.58. The molecule has 1 aliphatic rings. The van der Waals surface area contributed by atoms with E-state index in [4.69, 9.17) is 0 Å². The van der Waals surface area contributed by atoms with Crippen LogP contribution in [-0.2, 0) is 16.0 Å². The Morgan fingerprint density at radius 1 is 0.971 bits per heavy atom. The average molecular weight is 489 g/mol. The van der Waals surface area contributed by atoms with E-state index in [1.54, 1.807) is 16.2 Å². The minimum Gasteiger partial charge on any atom is -0.351 e. The molecule has 184 valence electrons. The van der Waals surface area contributed by atoms with Crippen LogP contribution in [0.5, 0.6) is 0 Å². The van der Waals surface area contributed by atoms with Crippen LogP contribution < -0.4 is 10.2 Å². The van der Waals surface area contributed by atoms with Crippen LogP contribution in [0.4, 0.5) is 5.69 Å². The van der Waals surface area contributed by atoms with E-state index in [1.807, 2.05) is 59.3 Å². The Morgan fingerprint density at radius 2 is 1.69 bits per heavy atom. The van der Waals surface area contributed by atoms with Crippen LogP contribution in [0.2, 0.25) is 0 Å². The van der Waals surface area contributed by atoms with E-state index in [1.165, 1.54) is 12.0 Å². The lowest BCUT2D eigenvalue weighted by Gasteiger charge is -2.33. The Morgan fingerprint density at radius 3 is 2.31 bits per heavy atom. The summed E-state index contributed by atoms with van der Waals surface area (Å²) in [5.41, 5.74) is 3.79. The highest BCUT2D eigenvalue weighted by Gasteiger charge is 2.34. The fourth-order valence-electron chi connectivity index (χ4n) is 4.87. The highest BCUT2D eigenvalue weighted by molar-refractivity contribution is 7.08. The van der Waals surface area contributed by atoms with E-state index < -0.39 is 6.04 Å². The number of carbonyl (C=O) groups is 2. The molecule has 0 saturated heterocycles. The van der Waals surface area contributed by atoms with Crippen molar-refractivity contribution in [3.05, 3.63) is 88.1 Å². The van der Waals surface area contributed by atoms with Gasteiger partial charge in [-0.25, -0.2) is 0 Å². The van der Waals surface area contributed by atoms with Crippen LogP contribution >= 0.6 is 11.3 Å². The van der Waals surface area contributed by atoms with E-state index in [9.17, 15) is 9.59 Å². The minimum atomic E-state index is -0.723. The van der Waals surface area contributed by atoms with Gasteiger partial charge >= 0.3 is 0 Å². The second-order valence-electron chi connectivity index (χ2n) is 9.63. The third-order valence-electron chi connectivity index (χ3n) is 7.13. The third-order valence-corrected chi connectivity index (χ3v) is 7.86. The second kappa shape index (κ2) is 12.2. The molecule has 0 bridgehead atoms. The number of amides is 2. The molecule has 1 saturated carbocycles. The fourth-order valence-corrected chi connectivity index (χ4v) is 5.54. The lowest BCUT2D eigenvalue weighted by atomic mass is 9.94. The van der Waals surface area contributed by atoms with Gasteiger partial charge in [0, 0.05) is 11.7 Å². The molecule has 4 nitrogen and oxygen atoms in total. The molecular formula is C30H36N2O2S. The first-order chi connectivity index (χ1) is 17.1. The molecule has 2 atom stereocenters. The summed E-state index contributed by atoms with van der Waals surface area (Å²) in [6, 6.07) is 19.3. The van der Waals surface area contributed by atoms with Crippen molar-refractivity contribution in [2.45, 2.75) is 76.8 Å². The normalized spacial score (nSPS) is 15.8. The zero-order chi connectivity index (χ0) is 24.6. The van der Waals surface area contributed by atoms with Gasteiger partial charge in [0.05, 0.1) is 6.42 Å². The van der Waals surface area contributed by atoms with Gasteiger partial charge in [-0.15, -0.1) is 0 Å². The van der Waals surface area contributed by atoms with E-state index in [0.717, 1.165) is 48.9 Å². The average Bonchev–Trinajstić information content (AvgIpc) is 3.41. The first kappa shape index (κ1) is 25.2. The van der Waals surface area contributed by atoms with Crippen molar-refractivity contribution >= 4 is 28.8 Å². The predicted molar refractivity (Wildman–Crippen MR) is 145 cm³/mol. The van der Waals surface area contributed by atoms with Gasteiger partial charge in [0.25, 0.3) is 0 Å². The number of benzene rings is 2. The first-order valence-corrected chi connectivity index (χ1v) is 13.8. The van der Waals surface area contributed by atoms with E-state index >= 15 is 0 Å². The summed E-state index contributed by atoms with van der Waals surface area (Å²) in [4.78, 5) is 29.4. The smallest absolute Gasteiger partial charge is 0.248 e.